The van der Waals surface area contributed by atoms with Crippen LogP contribution in [0.4, 0.5) is 5.69 Å². The third-order valence-electron chi connectivity index (χ3n) is 1.81. The van der Waals surface area contributed by atoms with Crippen molar-refractivity contribution in [2.45, 2.75) is 5.75 Å². The van der Waals surface area contributed by atoms with E-state index in [0.29, 0.717) is 5.56 Å². The summed E-state index contributed by atoms with van der Waals surface area (Å²) in [5.74, 6) is -1.01. The Balaban J connectivity index is 2.84. The van der Waals surface area contributed by atoms with Gasteiger partial charge in [0, 0.05) is 22.4 Å². The van der Waals surface area contributed by atoms with Crippen LogP contribution in [0.1, 0.15) is 5.56 Å². The van der Waals surface area contributed by atoms with E-state index in [-0.39, 0.29) is 17.2 Å². The molecule has 0 radical (unpaired) electrons. The van der Waals surface area contributed by atoms with Gasteiger partial charge in [-0.25, -0.2) is 0 Å². The van der Waals surface area contributed by atoms with Crippen LogP contribution >= 0.6 is 0 Å². The van der Waals surface area contributed by atoms with Gasteiger partial charge >= 0.3 is 0 Å². The van der Waals surface area contributed by atoms with Crippen molar-refractivity contribution in [2.24, 2.45) is 5.73 Å². The van der Waals surface area contributed by atoms with E-state index in [0.717, 1.165) is 0 Å². The van der Waals surface area contributed by atoms with Gasteiger partial charge in [-0.05, 0) is 0 Å². The molecular formula is C9H10N2O4S. The van der Waals surface area contributed by atoms with Gasteiger partial charge in [-0.15, -0.1) is 0 Å². The lowest BCUT2D eigenvalue weighted by Crippen LogP contribution is -2.20. The molecule has 0 fully saturated rings. The van der Waals surface area contributed by atoms with Crippen molar-refractivity contribution >= 4 is 22.4 Å². The Hall–Kier alpha value is -1.76. The molecule has 0 spiro atoms. The van der Waals surface area contributed by atoms with Crippen molar-refractivity contribution in [3.05, 3.63) is 39.9 Å². The zero-order chi connectivity index (χ0) is 12.1. The molecule has 2 N–H and O–H groups in total. The SMILES string of the molecule is NC(=O)CS(=O)Cc1ccccc1[N+](=O)[O-]. The van der Waals surface area contributed by atoms with Gasteiger partial charge in [0.25, 0.3) is 5.69 Å². The number of benzene rings is 1. The summed E-state index contributed by atoms with van der Waals surface area (Å²) >= 11 is 0. The summed E-state index contributed by atoms with van der Waals surface area (Å²) in [5, 5.41) is 10.6. The average molecular weight is 242 g/mol. The van der Waals surface area contributed by atoms with E-state index in [1.807, 2.05) is 0 Å². The molecule has 7 heteroatoms. The fourth-order valence-electron chi connectivity index (χ4n) is 1.19. The fourth-order valence-corrected chi connectivity index (χ4v) is 2.20. The van der Waals surface area contributed by atoms with Gasteiger partial charge in [-0.2, -0.15) is 0 Å². The molecule has 0 aliphatic heterocycles. The van der Waals surface area contributed by atoms with Crippen LogP contribution in [0, 0.1) is 10.1 Å². The van der Waals surface area contributed by atoms with Gasteiger partial charge in [0.05, 0.1) is 10.7 Å². The average Bonchev–Trinajstić information content (AvgIpc) is 2.16. The number of carbonyl (C=O) groups is 1. The number of nitro benzene ring substituents is 1. The Labute approximate surface area is 94.1 Å². The number of hydrogen-bond acceptors (Lipinski definition) is 4. The number of nitro groups is 1. The highest BCUT2D eigenvalue weighted by Gasteiger charge is 2.15. The predicted molar refractivity (Wildman–Crippen MR) is 59.0 cm³/mol. The molecule has 0 aliphatic rings. The lowest BCUT2D eigenvalue weighted by molar-refractivity contribution is -0.385. The molecule has 1 atom stereocenters. The van der Waals surface area contributed by atoms with Crippen LogP contribution in [0.5, 0.6) is 0 Å². The van der Waals surface area contributed by atoms with E-state index >= 15 is 0 Å². The highest BCUT2D eigenvalue weighted by atomic mass is 32.2. The van der Waals surface area contributed by atoms with Crippen molar-refractivity contribution in [2.75, 3.05) is 5.75 Å². The fraction of sp³-hybridized carbons (Fsp3) is 0.222. The van der Waals surface area contributed by atoms with Crippen molar-refractivity contribution in [1.82, 2.24) is 0 Å². The molecule has 86 valence electrons. The lowest BCUT2D eigenvalue weighted by Gasteiger charge is -2.01. The molecule has 0 saturated carbocycles. The van der Waals surface area contributed by atoms with Crippen molar-refractivity contribution < 1.29 is 13.9 Å². The lowest BCUT2D eigenvalue weighted by atomic mass is 10.2. The predicted octanol–water partition coefficient (Wildman–Crippen LogP) is 0.329. The molecule has 0 aromatic heterocycles. The Bertz CT molecular complexity index is 447. The molecule has 0 aliphatic carbocycles. The monoisotopic (exact) mass is 242 g/mol. The summed E-state index contributed by atoms with van der Waals surface area (Å²) in [4.78, 5) is 20.6. The van der Waals surface area contributed by atoms with E-state index < -0.39 is 21.6 Å². The second-order valence-electron chi connectivity index (χ2n) is 3.08. The van der Waals surface area contributed by atoms with E-state index in [1.54, 1.807) is 6.07 Å². The molecule has 1 unspecified atom stereocenters. The highest BCUT2D eigenvalue weighted by Crippen LogP contribution is 2.19. The number of amides is 1. The van der Waals surface area contributed by atoms with Crippen LogP contribution in [0.2, 0.25) is 0 Å². The zero-order valence-corrected chi connectivity index (χ0v) is 9.11. The van der Waals surface area contributed by atoms with Crippen LogP contribution in [-0.4, -0.2) is 20.8 Å². The zero-order valence-electron chi connectivity index (χ0n) is 8.29. The van der Waals surface area contributed by atoms with E-state index in [9.17, 15) is 19.1 Å². The summed E-state index contributed by atoms with van der Waals surface area (Å²) in [5.41, 5.74) is 5.12. The number of rotatable bonds is 5. The Morgan fingerprint density at radius 2 is 2.06 bits per heavy atom. The Morgan fingerprint density at radius 1 is 1.44 bits per heavy atom. The van der Waals surface area contributed by atoms with Crippen molar-refractivity contribution in [3.8, 4) is 0 Å². The highest BCUT2D eigenvalue weighted by molar-refractivity contribution is 7.84. The van der Waals surface area contributed by atoms with Crippen LogP contribution in [0.15, 0.2) is 24.3 Å². The number of nitrogens with two attached hydrogens (primary N) is 1. The second kappa shape index (κ2) is 5.36. The normalized spacial score (nSPS) is 12.0. The maximum Gasteiger partial charge on any atom is 0.273 e. The third-order valence-corrected chi connectivity index (χ3v) is 3.05. The summed E-state index contributed by atoms with van der Waals surface area (Å²) in [6.07, 6.45) is 0. The molecule has 1 amide bonds. The van der Waals surface area contributed by atoms with Gasteiger partial charge in [-0.3, -0.25) is 19.1 Å². The molecule has 1 rings (SSSR count). The standard InChI is InChI=1S/C9H10N2O4S/c10-9(12)6-16(15)5-7-3-1-2-4-8(7)11(13)14/h1-4H,5-6H2,(H2,10,12). The van der Waals surface area contributed by atoms with Gasteiger partial charge in [0.1, 0.15) is 5.75 Å². The largest absolute Gasteiger partial charge is 0.369 e. The van der Waals surface area contributed by atoms with E-state index in [2.05, 4.69) is 0 Å². The maximum absolute atomic E-state index is 11.4. The summed E-state index contributed by atoms with van der Waals surface area (Å²) in [7, 11) is -1.51. The van der Waals surface area contributed by atoms with Crippen molar-refractivity contribution in [1.29, 1.82) is 0 Å². The first-order valence-electron chi connectivity index (χ1n) is 4.36. The molecule has 1 aromatic rings. The van der Waals surface area contributed by atoms with Gasteiger partial charge < -0.3 is 5.73 Å². The van der Waals surface area contributed by atoms with Gasteiger partial charge in [0.2, 0.25) is 5.91 Å². The summed E-state index contributed by atoms with van der Waals surface area (Å²) < 4.78 is 11.4. The molecule has 16 heavy (non-hydrogen) atoms. The summed E-state index contributed by atoms with van der Waals surface area (Å²) in [6.45, 7) is 0. The van der Waals surface area contributed by atoms with Crippen molar-refractivity contribution in [3.63, 3.8) is 0 Å². The molecule has 1 aromatic carbocycles. The Morgan fingerprint density at radius 3 is 2.62 bits per heavy atom. The molecular weight excluding hydrogens is 232 g/mol. The number of carbonyl (C=O) groups excluding carboxylic acids is 1. The molecule has 0 bridgehead atoms. The molecule has 6 nitrogen and oxygen atoms in total. The second-order valence-corrected chi connectivity index (χ2v) is 4.54. The number of hydrogen-bond donors (Lipinski definition) is 1. The smallest absolute Gasteiger partial charge is 0.273 e. The van der Waals surface area contributed by atoms with Crippen LogP contribution in [0.25, 0.3) is 0 Å². The first-order valence-corrected chi connectivity index (χ1v) is 5.85. The number of nitrogens with zero attached hydrogens (tertiary/aromatic N) is 1. The minimum absolute atomic E-state index is 0.0416. The quantitative estimate of drug-likeness (QED) is 0.593. The van der Waals surface area contributed by atoms with Crippen LogP contribution < -0.4 is 5.73 Å². The third kappa shape index (κ3) is 3.43. The van der Waals surface area contributed by atoms with Gasteiger partial charge in [0.15, 0.2) is 0 Å². The van der Waals surface area contributed by atoms with Gasteiger partial charge in [-0.1, -0.05) is 18.2 Å². The topological polar surface area (TPSA) is 103 Å². The van der Waals surface area contributed by atoms with Crippen LogP contribution in [-0.2, 0) is 21.3 Å². The first kappa shape index (κ1) is 12.3. The maximum atomic E-state index is 11.4. The number of para-hydroxylation sites is 1. The Kier molecular flexibility index (Phi) is 4.12. The molecule has 0 saturated heterocycles. The minimum atomic E-state index is -1.51. The number of primary amides is 1. The van der Waals surface area contributed by atoms with Crippen LogP contribution in [0.3, 0.4) is 0 Å². The minimum Gasteiger partial charge on any atom is -0.369 e. The van der Waals surface area contributed by atoms with E-state index in [1.165, 1.54) is 18.2 Å². The summed E-state index contributed by atoms with van der Waals surface area (Å²) in [6, 6.07) is 5.98. The van der Waals surface area contributed by atoms with E-state index in [4.69, 9.17) is 5.73 Å². The first-order chi connectivity index (χ1) is 7.50. The molecule has 0 heterocycles.